The van der Waals surface area contributed by atoms with Gasteiger partial charge in [0.1, 0.15) is 12.4 Å². The number of likely N-dealkylation sites (tertiary alicyclic amines) is 1. The first-order chi connectivity index (χ1) is 15.7. The number of amides is 2. The maximum Gasteiger partial charge on any atom is 0.410 e. The molecular formula is C25H30N2O4S. The predicted molar refractivity (Wildman–Crippen MR) is 126 cm³/mol. The molecule has 1 atom stereocenters. The molecule has 0 radical (unpaired) electrons. The lowest BCUT2D eigenvalue weighted by Gasteiger charge is -2.38. The Hall–Kier alpha value is -2.67. The van der Waals surface area contributed by atoms with E-state index in [1.54, 1.807) is 11.8 Å². The summed E-state index contributed by atoms with van der Waals surface area (Å²) >= 11 is 1.60. The molecule has 2 aromatic carbocycles. The average molecular weight is 455 g/mol. The summed E-state index contributed by atoms with van der Waals surface area (Å²) in [5, 5.41) is 0. The van der Waals surface area contributed by atoms with E-state index >= 15 is 0 Å². The summed E-state index contributed by atoms with van der Waals surface area (Å²) in [4.78, 5) is 28.8. The van der Waals surface area contributed by atoms with E-state index in [1.807, 2.05) is 58.3 Å². The van der Waals surface area contributed by atoms with E-state index in [2.05, 4.69) is 12.1 Å². The van der Waals surface area contributed by atoms with Crippen molar-refractivity contribution in [3.63, 3.8) is 0 Å². The number of carbonyl (C=O) groups is 2. The molecule has 0 N–H and O–H groups in total. The molecule has 2 aliphatic rings. The molecule has 6 nitrogen and oxygen atoms in total. The molecule has 2 saturated heterocycles. The first-order valence-electron chi connectivity index (χ1n) is 11.2. The van der Waals surface area contributed by atoms with Crippen LogP contribution in [0.3, 0.4) is 0 Å². The van der Waals surface area contributed by atoms with Crippen molar-refractivity contribution in [1.82, 2.24) is 9.80 Å². The number of piperidine rings is 1. The zero-order valence-corrected chi connectivity index (χ0v) is 19.0. The molecule has 2 heterocycles. The van der Waals surface area contributed by atoms with Gasteiger partial charge in [-0.1, -0.05) is 48.5 Å². The zero-order valence-electron chi connectivity index (χ0n) is 18.2. The average Bonchev–Trinajstić information content (AvgIpc) is 3.20. The summed E-state index contributed by atoms with van der Waals surface area (Å²) in [5.74, 6) is 2.26. The van der Waals surface area contributed by atoms with Crippen LogP contribution in [0.1, 0.15) is 18.4 Å². The van der Waals surface area contributed by atoms with Gasteiger partial charge in [0.25, 0.3) is 0 Å². The van der Waals surface area contributed by atoms with Gasteiger partial charge in [-0.2, -0.15) is 0 Å². The summed E-state index contributed by atoms with van der Waals surface area (Å²) in [6.45, 7) is 2.40. The van der Waals surface area contributed by atoms with Crippen molar-refractivity contribution >= 4 is 23.8 Å². The minimum absolute atomic E-state index is 0.0670. The van der Waals surface area contributed by atoms with Gasteiger partial charge >= 0.3 is 6.09 Å². The lowest BCUT2D eigenvalue weighted by atomic mass is 9.99. The fourth-order valence-electron chi connectivity index (χ4n) is 4.34. The van der Waals surface area contributed by atoms with Crippen molar-refractivity contribution in [2.24, 2.45) is 0 Å². The minimum atomic E-state index is -0.218. The number of hydrogen-bond donors (Lipinski definition) is 0. The number of hydrogen-bond acceptors (Lipinski definition) is 5. The number of para-hydroxylation sites is 1. The molecule has 7 heteroatoms. The summed E-state index contributed by atoms with van der Waals surface area (Å²) in [5.41, 5.74) is 1.21. The fourth-order valence-corrected chi connectivity index (χ4v) is 5.04. The van der Waals surface area contributed by atoms with Crippen LogP contribution in [0.15, 0.2) is 60.7 Å². The van der Waals surface area contributed by atoms with Crippen molar-refractivity contribution in [1.29, 1.82) is 0 Å². The third-order valence-electron chi connectivity index (χ3n) is 5.99. The normalized spacial score (nSPS) is 19.1. The highest BCUT2D eigenvalue weighted by atomic mass is 32.2. The number of rotatable bonds is 9. The highest BCUT2D eigenvalue weighted by Gasteiger charge is 2.39. The van der Waals surface area contributed by atoms with E-state index in [9.17, 15) is 9.59 Å². The van der Waals surface area contributed by atoms with Gasteiger partial charge in [0, 0.05) is 24.9 Å². The molecular weight excluding hydrogens is 424 g/mol. The molecule has 0 aromatic heterocycles. The van der Waals surface area contributed by atoms with Crippen LogP contribution in [0.4, 0.5) is 4.79 Å². The highest BCUT2D eigenvalue weighted by molar-refractivity contribution is 7.99. The van der Waals surface area contributed by atoms with Crippen molar-refractivity contribution < 1.29 is 19.1 Å². The van der Waals surface area contributed by atoms with Crippen molar-refractivity contribution in [2.45, 2.75) is 31.3 Å². The number of carbonyl (C=O) groups excluding carboxylic acids is 2. The van der Waals surface area contributed by atoms with E-state index in [-0.39, 0.29) is 24.1 Å². The Morgan fingerprint density at radius 3 is 2.44 bits per heavy atom. The summed E-state index contributed by atoms with van der Waals surface area (Å²) in [6, 6.07) is 20.1. The maximum atomic E-state index is 12.6. The van der Waals surface area contributed by atoms with Crippen LogP contribution in [0.25, 0.3) is 0 Å². The van der Waals surface area contributed by atoms with E-state index in [1.165, 1.54) is 5.56 Å². The summed E-state index contributed by atoms with van der Waals surface area (Å²) in [6.07, 6.45) is 2.18. The van der Waals surface area contributed by atoms with E-state index in [4.69, 9.17) is 9.47 Å². The Bertz CT molecular complexity index is 872. The Balaban J connectivity index is 1.18. The second-order valence-electron chi connectivity index (χ2n) is 8.15. The SMILES string of the molecule is O=C(CSCCOc1ccccc1)N1CCC(N2C(=O)OCC2Cc2ccccc2)CC1. The maximum absolute atomic E-state index is 12.6. The largest absolute Gasteiger partial charge is 0.493 e. The number of thioether (sulfide) groups is 1. The summed E-state index contributed by atoms with van der Waals surface area (Å²) < 4.78 is 11.0. The highest BCUT2D eigenvalue weighted by Crippen LogP contribution is 2.26. The Morgan fingerprint density at radius 2 is 1.72 bits per heavy atom. The third-order valence-corrected chi connectivity index (χ3v) is 6.90. The van der Waals surface area contributed by atoms with Gasteiger partial charge in [-0.15, -0.1) is 11.8 Å². The number of cyclic esters (lactones) is 1. The molecule has 0 aliphatic carbocycles. The Kier molecular flexibility index (Phi) is 7.93. The monoisotopic (exact) mass is 454 g/mol. The van der Waals surface area contributed by atoms with Gasteiger partial charge in [-0.3, -0.25) is 9.69 Å². The molecule has 1 unspecified atom stereocenters. The van der Waals surface area contributed by atoms with Gasteiger partial charge < -0.3 is 14.4 Å². The molecule has 0 bridgehead atoms. The Morgan fingerprint density at radius 1 is 1.03 bits per heavy atom. The Labute approximate surface area is 193 Å². The topological polar surface area (TPSA) is 59.1 Å². The van der Waals surface area contributed by atoms with Crippen LogP contribution >= 0.6 is 11.8 Å². The smallest absolute Gasteiger partial charge is 0.410 e. The first-order valence-corrected chi connectivity index (χ1v) is 12.4. The van der Waals surface area contributed by atoms with Gasteiger partial charge in [0.05, 0.1) is 18.4 Å². The molecule has 170 valence electrons. The second kappa shape index (κ2) is 11.3. The van der Waals surface area contributed by atoms with E-state index in [0.29, 0.717) is 32.1 Å². The van der Waals surface area contributed by atoms with Gasteiger partial charge in [-0.25, -0.2) is 4.79 Å². The molecule has 2 amide bonds. The lowest BCUT2D eigenvalue weighted by Crippen LogP contribution is -2.50. The van der Waals surface area contributed by atoms with Gasteiger partial charge in [-0.05, 0) is 37.0 Å². The van der Waals surface area contributed by atoms with Crippen LogP contribution in [0, 0.1) is 0 Å². The van der Waals surface area contributed by atoms with Crippen molar-refractivity contribution in [3.05, 3.63) is 66.2 Å². The number of ether oxygens (including phenoxy) is 2. The third kappa shape index (κ3) is 5.97. The van der Waals surface area contributed by atoms with Crippen LogP contribution in [-0.4, -0.2) is 71.7 Å². The first kappa shape index (κ1) is 22.5. The van der Waals surface area contributed by atoms with Crippen molar-refractivity contribution in [2.75, 3.05) is 37.8 Å². The van der Waals surface area contributed by atoms with Crippen molar-refractivity contribution in [3.8, 4) is 5.75 Å². The molecule has 2 fully saturated rings. The van der Waals surface area contributed by atoms with Gasteiger partial charge in [0.2, 0.25) is 5.91 Å². The molecule has 0 spiro atoms. The predicted octanol–water partition coefficient (Wildman–Crippen LogP) is 3.85. The number of benzene rings is 2. The zero-order chi connectivity index (χ0) is 22.2. The van der Waals surface area contributed by atoms with Crippen LogP contribution < -0.4 is 4.74 Å². The minimum Gasteiger partial charge on any atom is -0.493 e. The molecule has 4 rings (SSSR count). The molecule has 0 saturated carbocycles. The second-order valence-corrected chi connectivity index (χ2v) is 9.26. The van der Waals surface area contributed by atoms with Crippen LogP contribution in [-0.2, 0) is 16.0 Å². The van der Waals surface area contributed by atoms with Gasteiger partial charge in [0.15, 0.2) is 0 Å². The van der Waals surface area contributed by atoms with Crippen LogP contribution in [0.5, 0.6) is 5.75 Å². The summed E-state index contributed by atoms with van der Waals surface area (Å²) in [7, 11) is 0. The van der Waals surface area contributed by atoms with Crippen LogP contribution in [0.2, 0.25) is 0 Å². The molecule has 2 aliphatic heterocycles. The quantitative estimate of drug-likeness (QED) is 0.539. The van der Waals surface area contributed by atoms with E-state index in [0.717, 1.165) is 30.8 Å². The molecule has 32 heavy (non-hydrogen) atoms. The standard InChI is InChI=1S/C25H30N2O4S/c28-24(19-32-16-15-30-23-9-5-2-6-10-23)26-13-11-21(12-14-26)27-22(18-31-25(27)29)17-20-7-3-1-4-8-20/h1-10,21-22H,11-19H2. The lowest BCUT2D eigenvalue weighted by molar-refractivity contribution is -0.129. The number of nitrogens with zero attached hydrogens (tertiary/aromatic N) is 2. The van der Waals surface area contributed by atoms with E-state index < -0.39 is 0 Å². The fraction of sp³-hybridized carbons (Fsp3) is 0.440. The molecule has 2 aromatic rings.